The van der Waals surface area contributed by atoms with E-state index in [4.69, 9.17) is 0 Å². The summed E-state index contributed by atoms with van der Waals surface area (Å²) in [5.74, 6) is -0.0539. The first-order valence-corrected chi connectivity index (χ1v) is 8.46. The van der Waals surface area contributed by atoms with Crippen molar-refractivity contribution in [3.05, 3.63) is 69.7 Å². The summed E-state index contributed by atoms with van der Waals surface area (Å²) < 4.78 is 1.93. The zero-order valence-corrected chi connectivity index (χ0v) is 14.2. The standard InChI is InChI=1S/C18H19N3OS/c1-12-6-4-5-7-17(12)21-14(3)16(10-19-21)13(2)20-18(22)15-8-9-23-11-15/h4-11,13H,1-3H3,(H,20,22). The highest BCUT2D eigenvalue weighted by Gasteiger charge is 2.17. The fraction of sp³-hybridized carbons (Fsp3) is 0.222. The number of aromatic nitrogens is 2. The molecule has 0 bridgehead atoms. The molecular formula is C18H19N3OS. The van der Waals surface area contributed by atoms with Gasteiger partial charge in [0.25, 0.3) is 5.91 Å². The Morgan fingerprint density at radius 2 is 2.04 bits per heavy atom. The quantitative estimate of drug-likeness (QED) is 0.787. The molecule has 118 valence electrons. The van der Waals surface area contributed by atoms with Gasteiger partial charge in [-0.3, -0.25) is 4.79 Å². The molecule has 3 aromatic rings. The molecule has 0 saturated carbocycles. The van der Waals surface area contributed by atoms with Gasteiger partial charge in [0, 0.05) is 16.6 Å². The first-order valence-electron chi connectivity index (χ1n) is 7.51. The number of thiophene rings is 1. The van der Waals surface area contributed by atoms with Crippen LogP contribution in [0.15, 0.2) is 47.3 Å². The van der Waals surface area contributed by atoms with Crippen LogP contribution in [-0.2, 0) is 0 Å². The van der Waals surface area contributed by atoms with Crippen molar-refractivity contribution in [1.82, 2.24) is 15.1 Å². The molecule has 23 heavy (non-hydrogen) atoms. The van der Waals surface area contributed by atoms with Crippen molar-refractivity contribution in [3.8, 4) is 5.69 Å². The second-order valence-corrected chi connectivity index (χ2v) is 6.37. The molecule has 2 heterocycles. The van der Waals surface area contributed by atoms with E-state index in [1.54, 1.807) is 0 Å². The lowest BCUT2D eigenvalue weighted by atomic mass is 10.1. The molecule has 0 aliphatic heterocycles. The van der Waals surface area contributed by atoms with Crippen LogP contribution >= 0.6 is 11.3 Å². The van der Waals surface area contributed by atoms with Gasteiger partial charge in [-0.1, -0.05) is 18.2 Å². The minimum absolute atomic E-state index is 0.0539. The van der Waals surface area contributed by atoms with Crippen LogP contribution in [0.4, 0.5) is 0 Å². The summed E-state index contributed by atoms with van der Waals surface area (Å²) in [6.07, 6.45) is 1.83. The van der Waals surface area contributed by atoms with Crippen molar-refractivity contribution < 1.29 is 4.79 Å². The van der Waals surface area contributed by atoms with Crippen molar-refractivity contribution in [1.29, 1.82) is 0 Å². The minimum atomic E-state index is -0.0971. The highest BCUT2D eigenvalue weighted by Crippen LogP contribution is 2.22. The van der Waals surface area contributed by atoms with Gasteiger partial charge in [-0.25, -0.2) is 4.68 Å². The van der Waals surface area contributed by atoms with E-state index in [1.807, 2.05) is 59.8 Å². The van der Waals surface area contributed by atoms with Crippen molar-refractivity contribution in [2.75, 3.05) is 0 Å². The molecule has 0 aliphatic rings. The Balaban J connectivity index is 1.84. The monoisotopic (exact) mass is 325 g/mol. The third-order valence-electron chi connectivity index (χ3n) is 3.99. The van der Waals surface area contributed by atoms with Gasteiger partial charge in [-0.05, 0) is 43.8 Å². The maximum atomic E-state index is 12.2. The summed E-state index contributed by atoms with van der Waals surface area (Å²) in [7, 11) is 0. The molecule has 1 amide bonds. The van der Waals surface area contributed by atoms with Gasteiger partial charge in [-0.15, -0.1) is 0 Å². The number of nitrogens with one attached hydrogen (secondary N) is 1. The van der Waals surface area contributed by atoms with E-state index in [-0.39, 0.29) is 11.9 Å². The largest absolute Gasteiger partial charge is 0.345 e. The molecule has 1 N–H and O–H groups in total. The van der Waals surface area contributed by atoms with E-state index in [0.717, 1.165) is 16.9 Å². The van der Waals surface area contributed by atoms with Crippen LogP contribution < -0.4 is 5.32 Å². The highest BCUT2D eigenvalue weighted by atomic mass is 32.1. The number of aryl methyl sites for hydroxylation is 1. The Kier molecular flexibility index (Phi) is 4.30. The third-order valence-corrected chi connectivity index (χ3v) is 4.67. The number of hydrogen-bond acceptors (Lipinski definition) is 3. The third kappa shape index (κ3) is 3.05. The Hall–Kier alpha value is -2.40. The molecule has 3 rings (SSSR count). The predicted octanol–water partition coefficient (Wildman–Crippen LogP) is 4.04. The first kappa shape index (κ1) is 15.5. The lowest BCUT2D eigenvalue weighted by Crippen LogP contribution is -2.26. The van der Waals surface area contributed by atoms with Crippen LogP contribution in [-0.4, -0.2) is 15.7 Å². The first-order chi connectivity index (χ1) is 11.1. The van der Waals surface area contributed by atoms with E-state index >= 15 is 0 Å². The fourth-order valence-corrected chi connectivity index (χ4v) is 3.28. The number of carbonyl (C=O) groups is 1. The summed E-state index contributed by atoms with van der Waals surface area (Å²) in [4.78, 5) is 12.2. The van der Waals surface area contributed by atoms with Crippen LogP contribution in [0.2, 0.25) is 0 Å². The summed E-state index contributed by atoms with van der Waals surface area (Å²) in [6, 6.07) is 9.87. The van der Waals surface area contributed by atoms with Gasteiger partial charge in [0.1, 0.15) is 0 Å². The molecule has 4 nitrogen and oxygen atoms in total. The van der Waals surface area contributed by atoms with Crippen molar-refractivity contribution >= 4 is 17.2 Å². The van der Waals surface area contributed by atoms with E-state index < -0.39 is 0 Å². The summed E-state index contributed by atoms with van der Waals surface area (Å²) in [6.45, 7) is 6.08. The van der Waals surface area contributed by atoms with E-state index in [1.165, 1.54) is 16.9 Å². The molecule has 0 aliphatic carbocycles. The van der Waals surface area contributed by atoms with Gasteiger partial charge in [0.2, 0.25) is 0 Å². The van der Waals surface area contributed by atoms with Crippen molar-refractivity contribution in [2.24, 2.45) is 0 Å². The Bertz CT molecular complexity index is 821. The Morgan fingerprint density at radius 1 is 1.26 bits per heavy atom. The lowest BCUT2D eigenvalue weighted by molar-refractivity contribution is 0.0940. The lowest BCUT2D eigenvalue weighted by Gasteiger charge is -2.14. The van der Waals surface area contributed by atoms with Gasteiger partial charge in [0.05, 0.1) is 23.5 Å². The molecular weight excluding hydrogens is 306 g/mol. The number of amides is 1. The topological polar surface area (TPSA) is 46.9 Å². The average molecular weight is 325 g/mol. The zero-order valence-electron chi connectivity index (χ0n) is 13.4. The second kappa shape index (κ2) is 6.38. The maximum absolute atomic E-state index is 12.2. The van der Waals surface area contributed by atoms with E-state index in [0.29, 0.717) is 5.56 Å². The van der Waals surface area contributed by atoms with Gasteiger partial charge in [0.15, 0.2) is 0 Å². The SMILES string of the molecule is Cc1ccccc1-n1ncc(C(C)NC(=O)c2ccsc2)c1C. The summed E-state index contributed by atoms with van der Waals surface area (Å²) in [5, 5.41) is 11.3. The van der Waals surface area contributed by atoms with Crippen LogP contribution in [0.5, 0.6) is 0 Å². The molecule has 0 spiro atoms. The highest BCUT2D eigenvalue weighted by molar-refractivity contribution is 7.08. The minimum Gasteiger partial charge on any atom is -0.345 e. The normalized spacial score (nSPS) is 12.1. The van der Waals surface area contributed by atoms with Crippen LogP contribution in [0, 0.1) is 13.8 Å². The van der Waals surface area contributed by atoms with Crippen LogP contribution in [0.1, 0.15) is 40.1 Å². The number of nitrogens with zero attached hydrogens (tertiary/aromatic N) is 2. The second-order valence-electron chi connectivity index (χ2n) is 5.59. The molecule has 0 radical (unpaired) electrons. The maximum Gasteiger partial charge on any atom is 0.252 e. The van der Waals surface area contributed by atoms with E-state index in [2.05, 4.69) is 23.4 Å². The van der Waals surface area contributed by atoms with Gasteiger partial charge < -0.3 is 5.32 Å². The zero-order chi connectivity index (χ0) is 16.4. The molecule has 0 fully saturated rings. The number of carbonyl (C=O) groups excluding carboxylic acids is 1. The predicted molar refractivity (Wildman–Crippen MR) is 93.2 cm³/mol. The average Bonchev–Trinajstić information content (AvgIpc) is 3.17. The van der Waals surface area contributed by atoms with Crippen LogP contribution in [0.25, 0.3) is 5.69 Å². The molecule has 1 unspecified atom stereocenters. The molecule has 1 aromatic carbocycles. The summed E-state index contributed by atoms with van der Waals surface area (Å²) >= 11 is 1.52. The van der Waals surface area contributed by atoms with Gasteiger partial charge >= 0.3 is 0 Å². The number of benzene rings is 1. The Labute approximate surface area is 139 Å². The number of rotatable bonds is 4. The van der Waals surface area contributed by atoms with Crippen molar-refractivity contribution in [2.45, 2.75) is 26.8 Å². The molecule has 5 heteroatoms. The molecule has 0 saturated heterocycles. The summed E-state index contributed by atoms with van der Waals surface area (Å²) in [5.41, 5.74) is 4.99. The number of para-hydroxylation sites is 1. The Morgan fingerprint density at radius 3 is 2.74 bits per heavy atom. The molecule has 1 atom stereocenters. The molecule has 2 aromatic heterocycles. The number of hydrogen-bond donors (Lipinski definition) is 1. The van der Waals surface area contributed by atoms with Crippen molar-refractivity contribution in [3.63, 3.8) is 0 Å². The van der Waals surface area contributed by atoms with Gasteiger partial charge in [-0.2, -0.15) is 16.4 Å². The smallest absolute Gasteiger partial charge is 0.252 e. The van der Waals surface area contributed by atoms with Crippen LogP contribution in [0.3, 0.4) is 0 Å². The fourth-order valence-electron chi connectivity index (χ4n) is 2.64. The van der Waals surface area contributed by atoms with E-state index in [9.17, 15) is 4.79 Å².